The largest absolute Gasteiger partial charge is 0.314 e. The molecule has 19 heavy (non-hydrogen) atoms. The summed E-state index contributed by atoms with van der Waals surface area (Å²) in [4.78, 5) is 0. The van der Waals surface area contributed by atoms with E-state index < -0.39 is 0 Å². The Kier molecular flexibility index (Phi) is 5.04. The Bertz CT molecular complexity index is 369. The van der Waals surface area contributed by atoms with Gasteiger partial charge in [-0.1, -0.05) is 57.5 Å². The lowest BCUT2D eigenvalue weighted by molar-refractivity contribution is 0.198. The smallest absolute Gasteiger partial charge is 0.00721 e. The van der Waals surface area contributed by atoms with Crippen LogP contribution in [0.4, 0.5) is 0 Å². The van der Waals surface area contributed by atoms with E-state index in [1.807, 2.05) is 0 Å². The second kappa shape index (κ2) is 6.56. The molecule has 1 aromatic rings. The molecule has 0 radical (unpaired) electrons. The van der Waals surface area contributed by atoms with Gasteiger partial charge in [-0.05, 0) is 49.1 Å². The van der Waals surface area contributed by atoms with Crippen LogP contribution in [0.5, 0.6) is 0 Å². The van der Waals surface area contributed by atoms with E-state index >= 15 is 0 Å². The molecule has 0 heterocycles. The fraction of sp³-hybridized carbons (Fsp3) is 0.667. The van der Waals surface area contributed by atoms with Crippen LogP contribution in [0.25, 0.3) is 0 Å². The van der Waals surface area contributed by atoms with Crippen molar-refractivity contribution in [1.82, 2.24) is 5.32 Å². The van der Waals surface area contributed by atoms with Crippen LogP contribution < -0.4 is 5.32 Å². The second-order valence-electron chi connectivity index (χ2n) is 7.01. The van der Waals surface area contributed by atoms with E-state index in [1.165, 1.54) is 37.7 Å². The van der Waals surface area contributed by atoms with Gasteiger partial charge in [0.1, 0.15) is 0 Å². The van der Waals surface area contributed by atoms with Crippen LogP contribution in [0, 0.1) is 5.41 Å². The molecule has 0 amide bonds. The molecular formula is C18H29N. The highest BCUT2D eigenvalue weighted by molar-refractivity contribution is 5.18. The topological polar surface area (TPSA) is 12.0 Å². The Morgan fingerprint density at radius 2 is 2.00 bits per heavy atom. The summed E-state index contributed by atoms with van der Waals surface area (Å²) < 4.78 is 0. The van der Waals surface area contributed by atoms with Crippen LogP contribution in [0.2, 0.25) is 0 Å². The molecule has 0 aromatic heterocycles. The predicted octanol–water partition coefficient (Wildman–Crippen LogP) is 4.74. The third-order valence-corrected chi connectivity index (χ3v) is 4.58. The van der Waals surface area contributed by atoms with E-state index in [2.05, 4.69) is 56.4 Å². The van der Waals surface area contributed by atoms with E-state index in [-0.39, 0.29) is 0 Å². The average molecular weight is 259 g/mol. The van der Waals surface area contributed by atoms with Crippen LogP contribution >= 0.6 is 0 Å². The van der Waals surface area contributed by atoms with Gasteiger partial charge in [0.25, 0.3) is 0 Å². The van der Waals surface area contributed by atoms with Crippen LogP contribution in [-0.2, 0) is 0 Å². The summed E-state index contributed by atoms with van der Waals surface area (Å²) in [5.74, 6) is 0.658. The summed E-state index contributed by atoms with van der Waals surface area (Å²) in [6.07, 6.45) is 6.72. The van der Waals surface area contributed by atoms with E-state index in [9.17, 15) is 0 Å². The summed E-state index contributed by atoms with van der Waals surface area (Å²) in [5.41, 5.74) is 2.01. The van der Waals surface area contributed by atoms with Crippen molar-refractivity contribution in [3.8, 4) is 0 Å². The third kappa shape index (κ3) is 4.65. The average Bonchev–Trinajstić information content (AvgIpc) is 2.38. The zero-order valence-corrected chi connectivity index (χ0v) is 12.8. The Balaban J connectivity index is 1.72. The molecule has 1 aliphatic carbocycles. The molecule has 0 saturated heterocycles. The van der Waals surface area contributed by atoms with Gasteiger partial charge in [0, 0.05) is 6.04 Å². The number of hydrogen-bond donors (Lipinski definition) is 1. The van der Waals surface area contributed by atoms with Gasteiger partial charge in [0.05, 0.1) is 0 Å². The van der Waals surface area contributed by atoms with Crippen molar-refractivity contribution < 1.29 is 0 Å². The minimum absolute atomic E-state index is 0.543. The van der Waals surface area contributed by atoms with E-state index in [1.54, 1.807) is 0 Å². The number of nitrogens with one attached hydrogen (secondary N) is 1. The first-order chi connectivity index (χ1) is 9.07. The summed E-state index contributed by atoms with van der Waals surface area (Å²) >= 11 is 0. The van der Waals surface area contributed by atoms with Crippen LogP contribution in [-0.4, -0.2) is 12.6 Å². The SMILES string of the molecule is CC(CCNC1CCCC(C)(C)C1)c1ccccc1. The molecule has 1 aromatic carbocycles. The highest BCUT2D eigenvalue weighted by Gasteiger charge is 2.27. The molecule has 1 aliphatic rings. The van der Waals surface area contributed by atoms with Crippen LogP contribution in [0.1, 0.15) is 64.4 Å². The lowest BCUT2D eigenvalue weighted by atomic mass is 9.75. The van der Waals surface area contributed by atoms with E-state index in [4.69, 9.17) is 0 Å². The molecule has 106 valence electrons. The van der Waals surface area contributed by atoms with E-state index in [0.29, 0.717) is 11.3 Å². The number of hydrogen-bond acceptors (Lipinski definition) is 1. The van der Waals surface area contributed by atoms with Crippen molar-refractivity contribution in [3.05, 3.63) is 35.9 Å². The maximum absolute atomic E-state index is 3.78. The van der Waals surface area contributed by atoms with Gasteiger partial charge in [-0.3, -0.25) is 0 Å². The molecule has 2 unspecified atom stereocenters. The molecule has 1 heteroatoms. The van der Waals surface area contributed by atoms with Crippen molar-refractivity contribution >= 4 is 0 Å². The molecule has 1 saturated carbocycles. The lowest BCUT2D eigenvalue weighted by Gasteiger charge is -2.35. The van der Waals surface area contributed by atoms with Crippen molar-refractivity contribution in [2.24, 2.45) is 5.41 Å². The van der Waals surface area contributed by atoms with Crippen LogP contribution in [0.3, 0.4) is 0 Å². The van der Waals surface area contributed by atoms with Gasteiger partial charge in [0.15, 0.2) is 0 Å². The molecular weight excluding hydrogens is 230 g/mol. The molecule has 1 nitrogen and oxygen atoms in total. The van der Waals surface area contributed by atoms with Crippen molar-refractivity contribution in [1.29, 1.82) is 0 Å². The van der Waals surface area contributed by atoms with Crippen LogP contribution in [0.15, 0.2) is 30.3 Å². The van der Waals surface area contributed by atoms with Gasteiger partial charge < -0.3 is 5.32 Å². The number of rotatable bonds is 5. The first-order valence-electron chi connectivity index (χ1n) is 7.85. The first kappa shape index (κ1) is 14.6. The quantitative estimate of drug-likeness (QED) is 0.805. The molecule has 0 bridgehead atoms. The predicted molar refractivity (Wildman–Crippen MR) is 83.5 cm³/mol. The highest BCUT2D eigenvalue weighted by atomic mass is 14.9. The van der Waals surface area contributed by atoms with Crippen molar-refractivity contribution in [3.63, 3.8) is 0 Å². The van der Waals surface area contributed by atoms with Gasteiger partial charge in [-0.15, -0.1) is 0 Å². The molecule has 0 spiro atoms. The summed E-state index contributed by atoms with van der Waals surface area (Å²) in [6.45, 7) is 8.31. The first-order valence-corrected chi connectivity index (χ1v) is 7.85. The van der Waals surface area contributed by atoms with Gasteiger partial charge in [0.2, 0.25) is 0 Å². The Labute approximate surface area is 118 Å². The Hall–Kier alpha value is -0.820. The van der Waals surface area contributed by atoms with E-state index in [0.717, 1.165) is 12.6 Å². The number of benzene rings is 1. The Morgan fingerprint density at radius 1 is 1.26 bits per heavy atom. The van der Waals surface area contributed by atoms with Gasteiger partial charge in [-0.2, -0.15) is 0 Å². The zero-order valence-electron chi connectivity index (χ0n) is 12.8. The minimum atomic E-state index is 0.543. The highest BCUT2D eigenvalue weighted by Crippen LogP contribution is 2.35. The normalized spacial score (nSPS) is 24.1. The Morgan fingerprint density at radius 3 is 2.68 bits per heavy atom. The molecule has 1 N–H and O–H groups in total. The maximum atomic E-state index is 3.78. The summed E-state index contributed by atoms with van der Waals surface area (Å²) in [6, 6.07) is 11.6. The third-order valence-electron chi connectivity index (χ3n) is 4.58. The molecule has 1 fully saturated rings. The molecule has 2 rings (SSSR count). The van der Waals surface area contributed by atoms with Crippen molar-refractivity contribution in [2.75, 3.05) is 6.54 Å². The minimum Gasteiger partial charge on any atom is -0.314 e. The van der Waals surface area contributed by atoms with Crippen molar-refractivity contribution in [2.45, 2.75) is 64.8 Å². The van der Waals surface area contributed by atoms with Gasteiger partial charge in [-0.25, -0.2) is 0 Å². The maximum Gasteiger partial charge on any atom is 0.00721 e. The lowest BCUT2D eigenvalue weighted by Crippen LogP contribution is -2.37. The van der Waals surface area contributed by atoms with Gasteiger partial charge >= 0.3 is 0 Å². The monoisotopic (exact) mass is 259 g/mol. The fourth-order valence-corrected chi connectivity index (χ4v) is 3.32. The summed E-state index contributed by atoms with van der Waals surface area (Å²) in [5, 5.41) is 3.78. The standard InChI is InChI=1S/C18H29N/c1-15(16-8-5-4-6-9-16)11-13-19-17-10-7-12-18(2,3)14-17/h4-6,8-9,15,17,19H,7,10-14H2,1-3H3. The summed E-state index contributed by atoms with van der Waals surface area (Å²) in [7, 11) is 0. The second-order valence-corrected chi connectivity index (χ2v) is 7.01. The fourth-order valence-electron chi connectivity index (χ4n) is 3.32. The zero-order chi connectivity index (χ0) is 13.7. The molecule has 0 aliphatic heterocycles. The molecule has 2 atom stereocenters.